The van der Waals surface area contributed by atoms with Crippen LogP contribution in [0.5, 0.6) is 0 Å². The number of rotatable bonds is 8. The molecular formula is C21H24FN3O3S. The van der Waals surface area contributed by atoms with E-state index >= 15 is 0 Å². The monoisotopic (exact) mass is 417 g/mol. The Kier molecular flexibility index (Phi) is 6.32. The fourth-order valence-electron chi connectivity index (χ4n) is 3.37. The number of aromatic nitrogens is 2. The molecule has 0 amide bonds. The number of hydrogen-bond acceptors (Lipinski definition) is 5. The lowest BCUT2D eigenvalue weighted by Gasteiger charge is -2.22. The lowest BCUT2D eigenvalue weighted by atomic mass is 10.00. The summed E-state index contributed by atoms with van der Waals surface area (Å²) in [4.78, 5) is 32.4. The maximum atomic E-state index is 13.2. The van der Waals surface area contributed by atoms with Gasteiger partial charge in [0.25, 0.3) is 5.56 Å². The minimum Gasteiger partial charge on any atom is -0.481 e. The van der Waals surface area contributed by atoms with Crippen molar-refractivity contribution in [1.29, 1.82) is 0 Å². The van der Waals surface area contributed by atoms with Crippen LogP contribution in [0, 0.1) is 18.7 Å². The Morgan fingerprint density at radius 1 is 1.31 bits per heavy atom. The van der Waals surface area contributed by atoms with E-state index in [0.29, 0.717) is 42.3 Å². The van der Waals surface area contributed by atoms with Crippen molar-refractivity contribution in [3.63, 3.8) is 0 Å². The summed E-state index contributed by atoms with van der Waals surface area (Å²) < 4.78 is 14.7. The summed E-state index contributed by atoms with van der Waals surface area (Å²) in [6, 6.07) is 7.72. The summed E-state index contributed by atoms with van der Waals surface area (Å²) in [7, 11) is 0. The predicted molar refractivity (Wildman–Crippen MR) is 112 cm³/mol. The van der Waals surface area contributed by atoms with Crippen molar-refractivity contribution in [1.82, 2.24) is 9.38 Å². The molecule has 2 aromatic heterocycles. The molecule has 2 heterocycles. The van der Waals surface area contributed by atoms with Crippen molar-refractivity contribution in [2.75, 3.05) is 11.4 Å². The van der Waals surface area contributed by atoms with E-state index in [4.69, 9.17) is 0 Å². The molecule has 1 atom stereocenters. The molecule has 29 heavy (non-hydrogen) atoms. The Balaban J connectivity index is 1.95. The van der Waals surface area contributed by atoms with Gasteiger partial charge in [-0.2, -0.15) is 0 Å². The molecule has 0 radical (unpaired) electrons. The summed E-state index contributed by atoms with van der Waals surface area (Å²) in [6.07, 6.45) is 0.796. The van der Waals surface area contributed by atoms with Gasteiger partial charge in [0.15, 0.2) is 4.96 Å². The normalized spacial score (nSPS) is 12.3. The highest BCUT2D eigenvalue weighted by Gasteiger charge is 2.21. The van der Waals surface area contributed by atoms with E-state index in [1.807, 2.05) is 25.7 Å². The van der Waals surface area contributed by atoms with Gasteiger partial charge in [-0.15, -0.1) is 11.3 Å². The van der Waals surface area contributed by atoms with Gasteiger partial charge in [0.2, 0.25) is 0 Å². The number of hydrogen-bond donors (Lipinski definition) is 1. The number of benzene rings is 1. The summed E-state index contributed by atoms with van der Waals surface area (Å²) >= 11 is 1.39. The van der Waals surface area contributed by atoms with Crippen LogP contribution in [0.1, 0.15) is 36.5 Å². The van der Waals surface area contributed by atoms with Crippen LogP contribution in [0.15, 0.2) is 35.1 Å². The van der Waals surface area contributed by atoms with Gasteiger partial charge < -0.3 is 10.0 Å². The Morgan fingerprint density at radius 3 is 2.59 bits per heavy atom. The highest BCUT2D eigenvalue weighted by atomic mass is 32.1. The third-order valence-corrected chi connectivity index (χ3v) is 6.07. The third kappa shape index (κ3) is 4.48. The summed E-state index contributed by atoms with van der Waals surface area (Å²) in [5.41, 5.74) is 1.99. The molecule has 3 rings (SSSR count). The first-order valence-corrected chi connectivity index (χ1v) is 10.4. The standard InChI is InChI=1S/C21H24FN3O3S/c1-4-14(20(27)28)10-18-13(3)29-21-23-16(11-19(26)25(18)21)12-24(5-2)17-8-6-15(22)7-9-17/h6-9,11,14H,4-5,10,12H2,1-3H3,(H,27,28). The Morgan fingerprint density at radius 2 is 2.00 bits per heavy atom. The van der Waals surface area contributed by atoms with Gasteiger partial charge in [-0.3, -0.25) is 14.0 Å². The molecule has 3 aromatic rings. The number of aliphatic carboxylic acids is 1. The first-order chi connectivity index (χ1) is 13.8. The quantitative estimate of drug-likeness (QED) is 0.602. The fraction of sp³-hybridized carbons (Fsp3) is 0.381. The fourth-order valence-corrected chi connectivity index (χ4v) is 4.39. The minimum absolute atomic E-state index is 0.209. The van der Waals surface area contributed by atoms with Crippen LogP contribution in [-0.4, -0.2) is 27.0 Å². The van der Waals surface area contributed by atoms with Gasteiger partial charge in [-0.1, -0.05) is 6.92 Å². The van der Waals surface area contributed by atoms with Crippen molar-refractivity contribution in [2.45, 2.75) is 40.2 Å². The smallest absolute Gasteiger partial charge is 0.306 e. The summed E-state index contributed by atoms with van der Waals surface area (Å²) in [5.74, 6) is -1.69. The molecule has 1 aromatic carbocycles. The highest BCUT2D eigenvalue weighted by Crippen LogP contribution is 2.24. The van der Waals surface area contributed by atoms with Crippen molar-refractivity contribution < 1.29 is 14.3 Å². The van der Waals surface area contributed by atoms with Gasteiger partial charge >= 0.3 is 5.97 Å². The topological polar surface area (TPSA) is 74.9 Å². The molecule has 6 nitrogen and oxygen atoms in total. The van der Waals surface area contributed by atoms with Crippen LogP contribution in [0.2, 0.25) is 0 Å². The number of nitrogens with zero attached hydrogens (tertiary/aromatic N) is 3. The van der Waals surface area contributed by atoms with E-state index in [1.165, 1.54) is 33.9 Å². The number of halogens is 1. The van der Waals surface area contributed by atoms with E-state index in [2.05, 4.69) is 4.98 Å². The van der Waals surface area contributed by atoms with Crippen LogP contribution < -0.4 is 10.5 Å². The molecule has 1 N–H and O–H groups in total. The molecule has 0 bridgehead atoms. The van der Waals surface area contributed by atoms with Crippen LogP contribution in [0.25, 0.3) is 4.96 Å². The summed E-state index contributed by atoms with van der Waals surface area (Å²) in [5, 5.41) is 9.37. The van der Waals surface area contributed by atoms with Crippen molar-refractivity contribution >= 4 is 28.0 Å². The second kappa shape index (κ2) is 8.73. The number of aryl methyl sites for hydroxylation is 1. The van der Waals surface area contributed by atoms with Crippen LogP contribution >= 0.6 is 11.3 Å². The van der Waals surface area contributed by atoms with Crippen molar-refractivity contribution in [3.8, 4) is 0 Å². The molecule has 154 valence electrons. The van der Waals surface area contributed by atoms with Gasteiger partial charge in [0.1, 0.15) is 5.82 Å². The first kappa shape index (κ1) is 21.0. The Labute approximate surface area is 172 Å². The predicted octanol–water partition coefficient (Wildman–Crippen LogP) is 3.88. The number of carbonyl (C=O) groups is 1. The molecular weight excluding hydrogens is 393 g/mol. The minimum atomic E-state index is -0.859. The Bertz CT molecular complexity index is 1080. The largest absolute Gasteiger partial charge is 0.481 e. The van der Waals surface area contributed by atoms with E-state index in [0.717, 1.165) is 10.6 Å². The lowest BCUT2D eigenvalue weighted by Crippen LogP contribution is -2.25. The van der Waals surface area contributed by atoms with Gasteiger partial charge in [-0.25, -0.2) is 9.37 Å². The number of carboxylic acids is 1. The molecule has 8 heteroatoms. The zero-order valence-electron chi connectivity index (χ0n) is 16.7. The third-order valence-electron chi connectivity index (χ3n) is 5.07. The van der Waals surface area contributed by atoms with E-state index < -0.39 is 11.9 Å². The first-order valence-electron chi connectivity index (χ1n) is 9.58. The maximum absolute atomic E-state index is 13.2. The molecule has 1 unspecified atom stereocenters. The molecule has 0 aliphatic carbocycles. The van der Waals surface area contributed by atoms with Gasteiger partial charge in [0.05, 0.1) is 18.2 Å². The van der Waals surface area contributed by atoms with Gasteiger partial charge in [-0.05, 0) is 44.5 Å². The average Bonchev–Trinajstić information content (AvgIpc) is 3.00. The zero-order chi connectivity index (χ0) is 21.1. The van der Waals surface area contributed by atoms with Crippen molar-refractivity contribution in [3.05, 3.63) is 62.8 Å². The van der Waals surface area contributed by atoms with E-state index in [1.54, 1.807) is 12.1 Å². The van der Waals surface area contributed by atoms with Gasteiger partial charge in [0, 0.05) is 35.3 Å². The number of carboxylic acid groups (broad SMARTS) is 1. The average molecular weight is 418 g/mol. The maximum Gasteiger partial charge on any atom is 0.306 e. The Hall–Kier alpha value is -2.74. The number of anilines is 1. The second-order valence-electron chi connectivity index (χ2n) is 6.95. The van der Waals surface area contributed by atoms with E-state index in [9.17, 15) is 19.1 Å². The van der Waals surface area contributed by atoms with Crippen LogP contribution in [0.3, 0.4) is 0 Å². The number of fused-ring (bicyclic) bond motifs is 1. The zero-order valence-corrected chi connectivity index (χ0v) is 17.5. The SMILES string of the molecule is CCC(Cc1c(C)sc2nc(CN(CC)c3ccc(F)cc3)cc(=O)n12)C(=O)O. The molecule has 0 aliphatic heterocycles. The molecule has 0 fully saturated rings. The molecule has 0 saturated heterocycles. The van der Waals surface area contributed by atoms with E-state index in [-0.39, 0.29) is 11.4 Å². The molecule has 0 aliphatic rings. The second-order valence-corrected chi connectivity index (χ2v) is 8.13. The van der Waals surface area contributed by atoms with Crippen molar-refractivity contribution in [2.24, 2.45) is 5.92 Å². The lowest BCUT2D eigenvalue weighted by molar-refractivity contribution is -0.141. The summed E-state index contributed by atoms with van der Waals surface area (Å²) in [6.45, 7) is 6.81. The highest BCUT2D eigenvalue weighted by molar-refractivity contribution is 7.17. The molecule has 0 saturated carbocycles. The number of thiazole rings is 1. The van der Waals surface area contributed by atoms with Crippen LogP contribution in [0.4, 0.5) is 10.1 Å². The molecule has 0 spiro atoms. The van der Waals surface area contributed by atoms with Crippen LogP contribution in [-0.2, 0) is 17.8 Å².